The largest absolute Gasteiger partial charge is 0.497 e. The number of unbranched alkanes of at least 4 members (excludes halogenated alkanes) is 1. The number of nitrogens with zero attached hydrogens (tertiary/aromatic N) is 1. The Labute approximate surface area is 104 Å². The molecule has 3 nitrogen and oxygen atoms in total. The SMILES string of the molecule is CCCCN(C)C(CO)c1ccc(OC)cc1. The number of hydrogen-bond donors (Lipinski definition) is 1. The first-order valence-corrected chi connectivity index (χ1v) is 6.18. The molecule has 1 aromatic carbocycles. The Morgan fingerprint density at radius 3 is 2.41 bits per heavy atom. The summed E-state index contributed by atoms with van der Waals surface area (Å²) in [6, 6.07) is 7.98. The summed E-state index contributed by atoms with van der Waals surface area (Å²) in [6.45, 7) is 3.33. The Kier molecular flexibility index (Phi) is 6.01. The lowest BCUT2D eigenvalue weighted by atomic mass is 10.1. The summed E-state index contributed by atoms with van der Waals surface area (Å²) < 4.78 is 5.13. The molecule has 0 amide bonds. The number of benzene rings is 1. The van der Waals surface area contributed by atoms with E-state index in [1.165, 1.54) is 6.42 Å². The van der Waals surface area contributed by atoms with E-state index < -0.39 is 0 Å². The molecular formula is C14H23NO2. The van der Waals surface area contributed by atoms with Crippen LogP contribution in [0.2, 0.25) is 0 Å². The second-order valence-corrected chi connectivity index (χ2v) is 4.31. The van der Waals surface area contributed by atoms with Crippen molar-refractivity contribution in [2.75, 3.05) is 27.3 Å². The standard InChI is InChI=1S/C14H23NO2/c1-4-5-10-15(2)14(11-16)12-6-8-13(17-3)9-7-12/h6-9,14,16H,4-5,10-11H2,1-3H3. The highest BCUT2D eigenvalue weighted by molar-refractivity contribution is 5.29. The fourth-order valence-corrected chi connectivity index (χ4v) is 1.89. The van der Waals surface area contributed by atoms with Crippen molar-refractivity contribution in [2.24, 2.45) is 0 Å². The van der Waals surface area contributed by atoms with Gasteiger partial charge in [-0.1, -0.05) is 25.5 Å². The number of likely N-dealkylation sites (N-methyl/N-ethyl adjacent to an activating group) is 1. The first-order chi connectivity index (χ1) is 8.22. The number of rotatable bonds is 7. The second-order valence-electron chi connectivity index (χ2n) is 4.31. The van der Waals surface area contributed by atoms with E-state index in [4.69, 9.17) is 4.74 Å². The third kappa shape index (κ3) is 4.02. The van der Waals surface area contributed by atoms with Gasteiger partial charge in [-0.3, -0.25) is 4.90 Å². The molecule has 0 aliphatic carbocycles. The first kappa shape index (κ1) is 14.0. The molecule has 0 aliphatic heterocycles. The highest BCUT2D eigenvalue weighted by Gasteiger charge is 2.15. The molecule has 0 saturated heterocycles. The van der Waals surface area contributed by atoms with Gasteiger partial charge in [0.2, 0.25) is 0 Å². The smallest absolute Gasteiger partial charge is 0.118 e. The number of methoxy groups -OCH3 is 1. The van der Waals surface area contributed by atoms with E-state index in [1.54, 1.807) is 7.11 Å². The lowest BCUT2D eigenvalue weighted by molar-refractivity contribution is 0.146. The van der Waals surface area contributed by atoms with Gasteiger partial charge in [-0.05, 0) is 37.7 Å². The van der Waals surface area contributed by atoms with Crippen molar-refractivity contribution in [3.63, 3.8) is 0 Å². The van der Waals surface area contributed by atoms with Crippen LogP contribution in [0.5, 0.6) is 5.75 Å². The highest BCUT2D eigenvalue weighted by Crippen LogP contribution is 2.21. The molecule has 3 heteroatoms. The zero-order chi connectivity index (χ0) is 12.7. The van der Waals surface area contributed by atoms with Crippen molar-refractivity contribution in [2.45, 2.75) is 25.8 Å². The summed E-state index contributed by atoms with van der Waals surface area (Å²) in [5.74, 6) is 0.849. The van der Waals surface area contributed by atoms with Crippen LogP contribution in [0.15, 0.2) is 24.3 Å². The fraction of sp³-hybridized carbons (Fsp3) is 0.571. The molecule has 0 heterocycles. The normalized spacial score (nSPS) is 12.8. The minimum atomic E-state index is 0.0763. The zero-order valence-electron chi connectivity index (χ0n) is 11.0. The second kappa shape index (κ2) is 7.30. The van der Waals surface area contributed by atoms with Crippen LogP contribution in [0.4, 0.5) is 0 Å². The van der Waals surface area contributed by atoms with Crippen molar-refractivity contribution >= 4 is 0 Å². The van der Waals surface area contributed by atoms with Crippen LogP contribution in [0.25, 0.3) is 0 Å². The molecule has 1 N–H and O–H groups in total. The molecule has 1 rings (SSSR count). The molecule has 96 valence electrons. The average Bonchev–Trinajstić information content (AvgIpc) is 2.38. The summed E-state index contributed by atoms with van der Waals surface area (Å²) >= 11 is 0. The van der Waals surface area contributed by atoms with E-state index in [2.05, 4.69) is 18.9 Å². The van der Waals surface area contributed by atoms with Gasteiger partial charge in [0.1, 0.15) is 5.75 Å². The van der Waals surface area contributed by atoms with Gasteiger partial charge in [-0.2, -0.15) is 0 Å². The molecule has 1 aromatic rings. The molecule has 0 aromatic heterocycles. The predicted octanol–water partition coefficient (Wildman–Crippen LogP) is 2.46. The molecule has 1 atom stereocenters. The lowest BCUT2D eigenvalue weighted by Gasteiger charge is -2.26. The van der Waals surface area contributed by atoms with Gasteiger partial charge in [0, 0.05) is 0 Å². The minimum absolute atomic E-state index is 0.0763. The topological polar surface area (TPSA) is 32.7 Å². The van der Waals surface area contributed by atoms with Gasteiger partial charge >= 0.3 is 0 Å². The van der Waals surface area contributed by atoms with Crippen LogP contribution < -0.4 is 4.74 Å². The summed E-state index contributed by atoms with van der Waals surface area (Å²) in [7, 11) is 3.71. The molecule has 0 saturated carbocycles. The predicted molar refractivity (Wildman–Crippen MR) is 70.4 cm³/mol. The number of aliphatic hydroxyl groups is 1. The summed E-state index contributed by atoms with van der Waals surface area (Å²) in [6.07, 6.45) is 2.33. The van der Waals surface area contributed by atoms with Crippen molar-refractivity contribution in [3.05, 3.63) is 29.8 Å². The molecule has 0 spiro atoms. The molecule has 17 heavy (non-hydrogen) atoms. The fourth-order valence-electron chi connectivity index (χ4n) is 1.89. The van der Waals surface area contributed by atoms with Gasteiger partial charge in [-0.25, -0.2) is 0 Å². The quantitative estimate of drug-likeness (QED) is 0.790. The maximum absolute atomic E-state index is 9.50. The summed E-state index contributed by atoms with van der Waals surface area (Å²) in [4.78, 5) is 2.20. The molecular weight excluding hydrogens is 214 g/mol. The Balaban J connectivity index is 2.70. The van der Waals surface area contributed by atoms with Gasteiger partial charge in [0.25, 0.3) is 0 Å². The van der Waals surface area contributed by atoms with Crippen LogP contribution in [-0.4, -0.2) is 37.3 Å². The highest BCUT2D eigenvalue weighted by atomic mass is 16.5. The van der Waals surface area contributed by atoms with Crippen molar-refractivity contribution in [3.8, 4) is 5.75 Å². The van der Waals surface area contributed by atoms with E-state index >= 15 is 0 Å². The lowest BCUT2D eigenvalue weighted by Crippen LogP contribution is -2.28. The monoisotopic (exact) mass is 237 g/mol. The van der Waals surface area contributed by atoms with Crippen LogP contribution in [0.3, 0.4) is 0 Å². The van der Waals surface area contributed by atoms with Gasteiger partial charge in [0.15, 0.2) is 0 Å². The number of aliphatic hydroxyl groups excluding tert-OH is 1. The summed E-state index contributed by atoms with van der Waals surface area (Å²) in [5, 5.41) is 9.50. The van der Waals surface area contributed by atoms with Gasteiger partial charge < -0.3 is 9.84 Å². The van der Waals surface area contributed by atoms with Gasteiger partial charge in [-0.15, -0.1) is 0 Å². The third-order valence-electron chi connectivity index (χ3n) is 3.07. The Bertz CT molecular complexity index is 311. The average molecular weight is 237 g/mol. The summed E-state index contributed by atoms with van der Waals surface area (Å²) in [5.41, 5.74) is 1.13. The molecule has 1 unspecified atom stereocenters. The van der Waals surface area contributed by atoms with Crippen LogP contribution in [0.1, 0.15) is 31.4 Å². The maximum Gasteiger partial charge on any atom is 0.118 e. The van der Waals surface area contributed by atoms with Crippen LogP contribution in [-0.2, 0) is 0 Å². The third-order valence-corrected chi connectivity index (χ3v) is 3.07. The van der Waals surface area contributed by atoms with E-state index in [0.29, 0.717) is 0 Å². The van der Waals surface area contributed by atoms with E-state index in [9.17, 15) is 5.11 Å². The van der Waals surface area contributed by atoms with Crippen molar-refractivity contribution < 1.29 is 9.84 Å². The molecule has 0 fully saturated rings. The number of hydrogen-bond acceptors (Lipinski definition) is 3. The van der Waals surface area contributed by atoms with Crippen molar-refractivity contribution in [1.29, 1.82) is 0 Å². The van der Waals surface area contributed by atoms with E-state index in [1.807, 2.05) is 24.3 Å². The minimum Gasteiger partial charge on any atom is -0.497 e. The Hall–Kier alpha value is -1.06. The van der Waals surface area contributed by atoms with E-state index in [-0.39, 0.29) is 12.6 Å². The first-order valence-electron chi connectivity index (χ1n) is 6.18. The Morgan fingerprint density at radius 2 is 1.94 bits per heavy atom. The van der Waals surface area contributed by atoms with Crippen LogP contribution in [0, 0.1) is 0 Å². The zero-order valence-corrected chi connectivity index (χ0v) is 11.0. The van der Waals surface area contributed by atoms with Crippen molar-refractivity contribution in [1.82, 2.24) is 4.90 Å². The Morgan fingerprint density at radius 1 is 1.29 bits per heavy atom. The molecule has 0 bridgehead atoms. The maximum atomic E-state index is 9.50. The number of ether oxygens (including phenoxy) is 1. The van der Waals surface area contributed by atoms with Gasteiger partial charge in [0.05, 0.1) is 19.8 Å². The molecule has 0 aliphatic rings. The molecule has 0 radical (unpaired) electrons. The van der Waals surface area contributed by atoms with E-state index in [0.717, 1.165) is 24.3 Å². The van der Waals surface area contributed by atoms with Crippen LogP contribution >= 0.6 is 0 Å².